The first-order valence-corrected chi connectivity index (χ1v) is 11.6. The molecule has 1 aliphatic carbocycles. The molecule has 1 saturated carbocycles. The molecule has 1 aromatic carbocycles. The number of rotatable bonds is 5. The minimum Gasteiger partial charge on any atom is -0.365 e. The number of benzene rings is 1. The molecule has 0 bridgehead atoms. The minimum absolute atomic E-state index is 0.00550. The van der Waals surface area contributed by atoms with Crippen LogP contribution in [0.5, 0.6) is 0 Å². The van der Waals surface area contributed by atoms with Crippen molar-refractivity contribution in [3.63, 3.8) is 0 Å². The number of sulfonamides is 1. The number of hydrogen-bond acceptors (Lipinski definition) is 7. The molecule has 2 heterocycles. The van der Waals surface area contributed by atoms with Crippen molar-refractivity contribution in [1.29, 1.82) is 0 Å². The van der Waals surface area contributed by atoms with Gasteiger partial charge in [-0.3, -0.25) is 0 Å². The van der Waals surface area contributed by atoms with Crippen molar-refractivity contribution in [2.24, 2.45) is 0 Å². The summed E-state index contributed by atoms with van der Waals surface area (Å²) < 4.78 is 66.5. The van der Waals surface area contributed by atoms with E-state index in [9.17, 15) is 21.6 Å². The highest BCUT2D eigenvalue weighted by Gasteiger charge is 2.38. The Morgan fingerprint density at radius 2 is 1.97 bits per heavy atom. The van der Waals surface area contributed by atoms with Crippen molar-refractivity contribution in [2.45, 2.75) is 49.0 Å². The normalized spacial score (nSPS) is 22.8. The second kappa shape index (κ2) is 8.16. The Labute approximate surface area is 184 Å². The van der Waals surface area contributed by atoms with Gasteiger partial charge in [0.1, 0.15) is 11.4 Å². The van der Waals surface area contributed by atoms with Crippen LogP contribution >= 0.6 is 0 Å². The third kappa shape index (κ3) is 4.26. The summed E-state index contributed by atoms with van der Waals surface area (Å²) >= 11 is 0. The van der Waals surface area contributed by atoms with Gasteiger partial charge in [0, 0.05) is 37.6 Å². The summed E-state index contributed by atoms with van der Waals surface area (Å²) in [5.74, 6) is -0.272. The highest BCUT2D eigenvalue weighted by Crippen LogP contribution is 2.36. The fourth-order valence-corrected chi connectivity index (χ4v) is 5.66. The van der Waals surface area contributed by atoms with E-state index in [1.807, 2.05) is 19.0 Å². The Bertz CT molecular complexity index is 1120. The Morgan fingerprint density at radius 1 is 1.22 bits per heavy atom. The number of halogens is 3. The largest absolute Gasteiger partial charge is 0.421 e. The fourth-order valence-electron chi connectivity index (χ4n) is 4.32. The lowest BCUT2D eigenvalue weighted by atomic mass is 10.1. The molecule has 2 aliphatic rings. The monoisotopic (exact) mass is 470 g/mol. The van der Waals surface area contributed by atoms with Gasteiger partial charge in [0.2, 0.25) is 16.0 Å². The van der Waals surface area contributed by atoms with Crippen molar-refractivity contribution in [1.82, 2.24) is 19.2 Å². The van der Waals surface area contributed by atoms with Crippen LogP contribution in [0.1, 0.15) is 30.4 Å². The van der Waals surface area contributed by atoms with Crippen molar-refractivity contribution in [3.05, 3.63) is 35.5 Å². The molecular formula is C20H25F3N6O2S. The van der Waals surface area contributed by atoms with Crippen LogP contribution in [0.3, 0.4) is 0 Å². The van der Waals surface area contributed by atoms with E-state index in [-0.39, 0.29) is 35.3 Å². The molecule has 0 unspecified atom stereocenters. The van der Waals surface area contributed by atoms with Crippen LogP contribution in [0.15, 0.2) is 29.3 Å². The number of fused-ring (bicyclic) bond motifs is 1. The van der Waals surface area contributed by atoms with Gasteiger partial charge in [-0.05, 0) is 57.1 Å². The predicted octanol–water partition coefficient (Wildman–Crippen LogP) is 3.27. The molecular weight excluding hydrogens is 445 g/mol. The van der Waals surface area contributed by atoms with E-state index in [0.717, 1.165) is 25.5 Å². The van der Waals surface area contributed by atoms with Crippen LogP contribution in [0.25, 0.3) is 0 Å². The molecule has 1 fully saturated rings. The van der Waals surface area contributed by atoms with Gasteiger partial charge in [0.05, 0.1) is 4.90 Å². The van der Waals surface area contributed by atoms with Gasteiger partial charge in [-0.15, -0.1) is 0 Å². The molecule has 2 aromatic rings. The maximum absolute atomic E-state index is 13.6. The van der Waals surface area contributed by atoms with Crippen molar-refractivity contribution < 1.29 is 21.6 Å². The van der Waals surface area contributed by atoms with Gasteiger partial charge in [0.25, 0.3) is 0 Å². The number of nitrogens with zero attached hydrogens (tertiary/aromatic N) is 4. The number of anilines is 3. The van der Waals surface area contributed by atoms with Crippen LogP contribution in [-0.2, 0) is 22.7 Å². The van der Waals surface area contributed by atoms with E-state index in [4.69, 9.17) is 0 Å². The lowest BCUT2D eigenvalue weighted by Crippen LogP contribution is -2.39. The number of nitrogens with one attached hydrogen (secondary N) is 2. The van der Waals surface area contributed by atoms with Crippen LogP contribution in [0, 0.1) is 0 Å². The van der Waals surface area contributed by atoms with Gasteiger partial charge < -0.3 is 15.5 Å². The topological polar surface area (TPSA) is 90.5 Å². The molecule has 2 N–H and O–H groups in total. The van der Waals surface area contributed by atoms with Gasteiger partial charge >= 0.3 is 6.18 Å². The molecule has 1 aromatic heterocycles. The summed E-state index contributed by atoms with van der Waals surface area (Å²) in [6, 6.07) is 4.61. The van der Waals surface area contributed by atoms with Crippen molar-refractivity contribution in [3.8, 4) is 0 Å². The third-order valence-corrected chi connectivity index (χ3v) is 7.86. The first-order valence-electron chi connectivity index (χ1n) is 10.2. The van der Waals surface area contributed by atoms with Gasteiger partial charge in [-0.1, -0.05) is 0 Å². The van der Waals surface area contributed by atoms with E-state index in [0.29, 0.717) is 11.3 Å². The predicted molar refractivity (Wildman–Crippen MR) is 114 cm³/mol. The molecule has 12 heteroatoms. The van der Waals surface area contributed by atoms with Gasteiger partial charge in [-0.25, -0.2) is 13.4 Å². The smallest absolute Gasteiger partial charge is 0.365 e. The summed E-state index contributed by atoms with van der Waals surface area (Å²) in [5, 5.41) is 5.89. The molecule has 174 valence electrons. The van der Waals surface area contributed by atoms with Crippen LogP contribution in [-0.4, -0.2) is 60.8 Å². The SMILES string of the molecule is CN(C)[C@@H]1CCC[C@H]1Nc1nc(Nc2ccc3c(c2)CN(C)S3(=O)=O)ncc1C(F)(F)F. The quantitative estimate of drug-likeness (QED) is 0.693. The third-order valence-electron chi connectivity index (χ3n) is 5.96. The number of likely N-dealkylation sites (N-methyl/N-ethyl adjacent to an activating group) is 1. The Balaban J connectivity index is 1.62. The highest BCUT2D eigenvalue weighted by molar-refractivity contribution is 7.89. The van der Waals surface area contributed by atoms with E-state index in [1.165, 1.54) is 17.4 Å². The first-order chi connectivity index (χ1) is 15.0. The molecule has 8 nitrogen and oxygen atoms in total. The van der Waals surface area contributed by atoms with E-state index in [2.05, 4.69) is 20.6 Å². The molecule has 2 atom stereocenters. The second-order valence-corrected chi connectivity index (χ2v) is 10.4. The zero-order valence-electron chi connectivity index (χ0n) is 17.9. The maximum atomic E-state index is 13.6. The molecule has 0 radical (unpaired) electrons. The molecule has 0 spiro atoms. The minimum atomic E-state index is -4.60. The van der Waals surface area contributed by atoms with E-state index >= 15 is 0 Å². The Kier molecular flexibility index (Phi) is 5.80. The zero-order valence-corrected chi connectivity index (χ0v) is 18.8. The van der Waals surface area contributed by atoms with E-state index in [1.54, 1.807) is 12.1 Å². The number of alkyl halides is 3. The van der Waals surface area contributed by atoms with Crippen LogP contribution in [0.4, 0.5) is 30.6 Å². The first kappa shape index (κ1) is 22.7. The van der Waals surface area contributed by atoms with Gasteiger partial charge in [0.15, 0.2) is 0 Å². The molecule has 0 amide bonds. The summed E-state index contributed by atoms with van der Waals surface area (Å²) in [6.45, 7) is 0.224. The summed E-state index contributed by atoms with van der Waals surface area (Å²) in [4.78, 5) is 10.2. The summed E-state index contributed by atoms with van der Waals surface area (Å²) in [6.07, 6.45) is -1.26. The van der Waals surface area contributed by atoms with Crippen molar-refractivity contribution in [2.75, 3.05) is 31.8 Å². The summed E-state index contributed by atoms with van der Waals surface area (Å²) in [7, 11) is 1.82. The molecule has 0 saturated heterocycles. The zero-order chi connectivity index (χ0) is 23.3. The average molecular weight is 471 g/mol. The van der Waals surface area contributed by atoms with E-state index < -0.39 is 21.8 Å². The number of aromatic nitrogens is 2. The second-order valence-electron chi connectivity index (χ2n) is 8.37. The standard InChI is InChI=1S/C20H25F3N6O2S/c1-28(2)16-6-4-5-15(16)26-18-14(20(21,22)23)10-24-19(27-18)25-13-7-8-17-12(9-13)11-29(3)32(17,30)31/h7-10,15-16H,4-6,11H2,1-3H3,(H2,24,25,26,27)/t15-,16-/m1/s1. The van der Waals surface area contributed by atoms with Crippen LogP contribution in [0.2, 0.25) is 0 Å². The van der Waals surface area contributed by atoms with Gasteiger partial charge in [-0.2, -0.15) is 22.5 Å². The van der Waals surface area contributed by atoms with Crippen LogP contribution < -0.4 is 10.6 Å². The maximum Gasteiger partial charge on any atom is 0.421 e. The fraction of sp³-hybridized carbons (Fsp3) is 0.500. The van der Waals surface area contributed by atoms with Crippen molar-refractivity contribution >= 4 is 27.5 Å². The highest BCUT2D eigenvalue weighted by atomic mass is 32.2. The Morgan fingerprint density at radius 3 is 2.66 bits per heavy atom. The summed E-state index contributed by atoms with van der Waals surface area (Å²) in [5.41, 5.74) is 0.170. The molecule has 4 rings (SSSR count). The lowest BCUT2D eigenvalue weighted by Gasteiger charge is -2.28. The Hall–Kier alpha value is -2.44. The molecule has 1 aliphatic heterocycles. The number of hydrogen-bond donors (Lipinski definition) is 2. The average Bonchev–Trinajstić information content (AvgIpc) is 3.23. The lowest BCUT2D eigenvalue weighted by molar-refractivity contribution is -0.137. The molecule has 32 heavy (non-hydrogen) atoms.